The highest BCUT2D eigenvalue weighted by atomic mass is 16.5. The van der Waals surface area contributed by atoms with Gasteiger partial charge in [-0.1, -0.05) is 0 Å². The molecule has 3 N–H and O–H groups in total. The van der Waals surface area contributed by atoms with Crippen LogP contribution in [-0.2, 0) is 0 Å². The van der Waals surface area contributed by atoms with E-state index in [1.54, 1.807) is 10.9 Å². The predicted molar refractivity (Wildman–Crippen MR) is 65.8 cm³/mol. The Hall–Kier alpha value is -2.15. The third-order valence-corrected chi connectivity index (χ3v) is 2.97. The molecule has 0 spiro atoms. The minimum absolute atomic E-state index is 0.147. The number of nitrogens with two attached hydrogens (primary N) is 1. The second-order valence-corrected chi connectivity index (χ2v) is 4.20. The van der Waals surface area contributed by atoms with Gasteiger partial charge in [-0.25, -0.2) is 4.98 Å². The van der Waals surface area contributed by atoms with Crippen molar-refractivity contribution in [2.75, 3.05) is 19.5 Å². The van der Waals surface area contributed by atoms with Crippen LogP contribution in [0.25, 0.3) is 17.4 Å². The van der Waals surface area contributed by atoms with Crippen LogP contribution in [-0.4, -0.2) is 38.3 Å². The molecule has 18 heavy (non-hydrogen) atoms. The van der Waals surface area contributed by atoms with Crippen LogP contribution >= 0.6 is 0 Å². The quantitative estimate of drug-likeness (QED) is 0.807. The highest BCUT2D eigenvalue weighted by Gasteiger charge is 2.29. The van der Waals surface area contributed by atoms with Gasteiger partial charge in [-0.05, 0) is 12.0 Å². The molecule has 0 bridgehead atoms. The lowest BCUT2D eigenvalue weighted by Crippen LogP contribution is -2.00. The van der Waals surface area contributed by atoms with Gasteiger partial charge in [-0.3, -0.25) is 4.57 Å². The lowest BCUT2D eigenvalue weighted by atomic mass is 10.4. The Morgan fingerprint density at radius 2 is 2.44 bits per heavy atom. The van der Waals surface area contributed by atoms with Gasteiger partial charge in [0.25, 0.3) is 0 Å². The van der Waals surface area contributed by atoms with Crippen molar-refractivity contribution in [2.45, 2.75) is 6.42 Å². The summed E-state index contributed by atoms with van der Waals surface area (Å²) in [4.78, 5) is 12.3. The summed E-state index contributed by atoms with van der Waals surface area (Å²) in [6.07, 6.45) is 4.47. The second kappa shape index (κ2) is 3.95. The number of nitrogens with zero attached hydrogens (tertiary/aromatic N) is 4. The molecule has 0 saturated heterocycles. The molecule has 2 aromatic heterocycles. The van der Waals surface area contributed by atoms with Gasteiger partial charge >= 0.3 is 0 Å². The molecule has 1 aliphatic carbocycles. The van der Waals surface area contributed by atoms with Crippen molar-refractivity contribution >= 4 is 23.3 Å². The first-order chi connectivity index (χ1) is 8.72. The summed E-state index contributed by atoms with van der Waals surface area (Å²) in [7, 11) is 1.52. The van der Waals surface area contributed by atoms with Crippen LogP contribution in [0.3, 0.4) is 0 Å². The lowest BCUT2D eigenvalue weighted by Gasteiger charge is -2.01. The maximum atomic E-state index is 9.01. The molecule has 0 unspecified atom stereocenters. The number of aliphatic hydroxyl groups excluding tert-OH is 1. The third kappa shape index (κ3) is 1.68. The molecule has 1 aliphatic rings. The average molecular weight is 247 g/mol. The molecule has 1 saturated carbocycles. The Morgan fingerprint density at radius 1 is 1.61 bits per heavy atom. The van der Waals surface area contributed by atoms with Gasteiger partial charge in [-0.15, -0.1) is 0 Å². The molecular weight excluding hydrogens is 234 g/mol. The minimum Gasteiger partial charge on any atom is -0.479 e. The molecule has 7 heteroatoms. The van der Waals surface area contributed by atoms with Gasteiger partial charge < -0.3 is 15.6 Å². The van der Waals surface area contributed by atoms with E-state index in [4.69, 9.17) is 15.6 Å². The number of methoxy groups -OCH3 is 1. The third-order valence-electron chi connectivity index (χ3n) is 2.97. The molecule has 0 aromatic carbocycles. The summed E-state index contributed by atoms with van der Waals surface area (Å²) in [5, 5.41) is 9.01. The fourth-order valence-electron chi connectivity index (χ4n) is 1.89. The van der Waals surface area contributed by atoms with Crippen molar-refractivity contribution < 1.29 is 9.84 Å². The maximum absolute atomic E-state index is 9.01. The highest BCUT2D eigenvalue weighted by Crippen LogP contribution is 2.38. The van der Waals surface area contributed by atoms with Crippen LogP contribution in [0.1, 0.15) is 6.42 Å². The molecule has 1 atom stereocenters. The maximum Gasteiger partial charge on any atom is 0.246 e. The lowest BCUT2D eigenvalue weighted by molar-refractivity contribution is 0.281. The van der Waals surface area contributed by atoms with Crippen LogP contribution in [0.4, 0.5) is 5.95 Å². The highest BCUT2D eigenvalue weighted by molar-refractivity contribution is 5.79. The van der Waals surface area contributed by atoms with Crippen molar-refractivity contribution in [1.29, 1.82) is 0 Å². The molecule has 1 fully saturated rings. The van der Waals surface area contributed by atoms with Gasteiger partial charge in [0, 0.05) is 18.7 Å². The summed E-state index contributed by atoms with van der Waals surface area (Å²) in [6.45, 7) is 0.179. The average Bonchev–Trinajstić information content (AvgIpc) is 3.01. The fourth-order valence-corrected chi connectivity index (χ4v) is 1.89. The Balaban J connectivity index is 2.09. The van der Waals surface area contributed by atoms with Crippen LogP contribution < -0.4 is 10.5 Å². The van der Waals surface area contributed by atoms with E-state index in [0.717, 1.165) is 6.42 Å². The fraction of sp³-hybridized carbons (Fsp3) is 0.364. The summed E-state index contributed by atoms with van der Waals surface area (Å²) < 4.78 is 6.90. The smallest absolute Gasteiger partial charge is 0.246 e. The summed E-state index contributed by atoms with van der Waals surface area (Å²) in [5.41, 5.74) is 7.98. The zero-order chi connectivity index (χ0) is 12.7. The number of aromatic nitrogens is 4. The molecule has 0 amide bonds. The molecular formula is C11H13N5O2. The standard InChI is InChI=1S/C11H13N5O2/c1-18-10-8-9(14-11(12)15-10)16(5-13-8)3-6-2-7(6)4-17/h3,5,7,17H,2,4H2,1H3,(H2,12,14,15)/b6-3-/t7-/m0/s1. The number of hydrogen-bond acceptors (Lipinski definition) is 6. The van der Waals surface area contributed by atoms with Crippen molar-refractivity contribution in [3.05, 3.63) is 11.9 Å². The summed E-state index contributed by atoms with van der Waals surface area (Å²) in [5.74, 6) is 0.779. The van der Waals surface area contributed by atoms with E-state index in [1.165, 1.54) is 12.7 Å². The summed E-state index contributed by atoms with van der Waals surface area (Å²) in [6, 6.07) is 0. The molecule has 0 aliphatic heterocycles. The van der Waals surface area contributed by atoms with Gasteiger partial charge in [0.2, 0.25) is 11.8 Å². The van der Waals surface area contributed by atoms with Crippen molar-refractivity contribution in [1.82, 2.24) is 19.5 Å². The molecule has 0 radical (unpaired) electrons. The number of ether oxygens (including phenoxy) is 1. The Bertz CT molecular complexity index is 634. The van der Waals surface area contributed by atoms with E-state index >= 15 is 0 Å². The van der Waals surface area contributed by atoms with E-state index in [9.17, 15) is 0 Å². The Morgan fingerprint density at radius 3 is 3.11 bits per heavy atom. The number of hydrogen-bond donors (Lipinski definition) is 2. The van der Waals surface area contributed by atoms with E-state index in [1.807, 2.05) is 6.20 Å². The molecule has 3 rings (SSSR count). The number of aliphatic hydroxyl groups is 1. The van der Waals surface area contributed by atoms with Gasteiger partial charge in [0.15, 0.2) is 11.2 Å². The molecule has 94 valence electrons. The number of rotatable bonds is 3. The second-order valence-electron chi connectivity index (χ2n) is 4.20. The van der Waals surface area contributed by atoms with Crippen molar-refractivity contribution in [2.24, 2.45) is 5.92 Å². The van der Waals surface area contributed by atoms with Gasteiger partial charge in [0.1, 0.15) is 6.33 Å². The molecule has 2 aromatic rings. The monoisotopic (exact) mass is 247 g/mol. The zero-order valence-electron chi connectivity index (χ0n) is 9.87. The Labute approximate surface area is 103 Å². The number of imidazole rings is 1. The number of fused-ring (bicyclic) bond motifs is 1. The van der Waals surface area contributed by atoms with Gasteiger partial charge in [-0.2, -0.15) is 9.97 Å². The normalized spacial score (nSPS) is 20.6. The minimum atomic E-state index is 0.147. The van der Waals surface area contributed by atoms with Crippen LogP contribution in [0.2, 0.25) is 0 Å². The largest absolute Gasteiger partial charge is 0.479 e. The topological polar surface area (TPSA) is 99.1 Å². The Kier molecular flexibility index (Phi) is 2.41. The molecule has 7 nitrogen and oxygen atoms in total. The zero-order valence-corrected chi connectivity index (χ0v) is 9.87. The first kappa shape index (κ1) is 11.0. The predicted octanol–water partition coefficient (Wildman–Crippen LogP) is 0.270. The van der Waals surface area contributed by atoms with Crippen LogP contribution in [0.15, 0.2) is 11.9 Å². The van der Waals surface area contributed by atoms with E-state index in [2.05, 4.69) is 15.0 Å². The van der Waals surface area contributed by atoms with E-state index < -0.39 is 0 Å². The summed E-state index contributed by atoms with van der Waals surface area (Å²) >= 11 is 0. The van der Waals surface area contributed by atoms with Gasteiger partial charge in [0.05, 0.1) is 7.11 Å². The van der Waals surface area contributed by atoms with Crippen LogP contribution in [0, 0.1) is 5.92 Å². The first-order valence-corrected chi connectivity index (χ1v) is 5.58. The van der Waals surface area contributed by atoms with E-state index in [0.29, 0.717) is 17.0 Å². The van der Waals surface area contributed by atoms with E-state index in [-0.39, 0.29) is 18.5 Å². The van der Waals surface area contributed by atoms with Crippen molar-refractivity contribution in [3.63, 3.8) is 0 Å². The number of nitrogen functional groups attached to an aromatic ring is 1. The van der Waals surface area contributed by atoms with Crippen LogP contribution in [0.5, 0.6) is 5.88 Å². The van der Waals surface area contributed by atoms with Crippen molar-refractivity contribution in [3.8, 4) is 5.88 Å². The number of anilines is 1. The SMILES string of the molecule is COc1nc(N)nc2c1ncn2/C=C1/C[C@H]1CO. The molecule has 2 heterocycles. The first-order valence-electron chi connectivity index (χ1n) is 5.58.